The van der Waals surface area contributed by atoms with Crippen LogP contribution in [0.25, 0.3) is 0 Å². The van der Waals surface area contributed by atoms with Crippen molar-refractivity contribution in [1.82, 2.24) is 15.2 Å². The van der Waals surface area contributed by atoms with Crippen LogP contribution in [0.15, 0.2) is 18.3 Å². The van der Waals surface area contributed by atoms with Gasteiger partial charge in [0.2, 0.25) is 0 Å². The molecule has 0 radical (unpaired) electrons. The Labute approximate surface area is 156 Å². The summed E-state index contributed by atoms with van der Waals surface area (Å²) in [6.45, 7) is 8.40. The number of amides is 1. The lowest BCUT2D eigenvalue weighted by molar-refractivity contribution is -0.0279. The monoisotopic (exact) mass is 360 g/mol. The molecular weight excluding hydrogens is 328 g/mol. The molecule has 1 aromatic heterocycles. The number of hydrogen-bond acceptors (Lipinski definition) is 5. The maximum absolute atomic E-state index is 12.4. The van der Waals surface area contributed by atoms with E-state index in [1.54, 1.807) is 6.20 Å². The van der Waals surface area contributed by atoms with Gasteiger partial charge in [0.15, 0.2) is 0 Å². The van der Waals surface area contributed by atoms with Crippen LogP contribution in [0.3, 0.4) is 0 Å². The van der Waals surface area contributed by atoms with Crippen LogP contribution in [0.1, 0.15) is 49.9 Å². The Bertz CT molecular complexity index is 602. The third-order valence-electron chi connectivity index (χ3n) is 5.44. The second-order valence-corrected chi connectivity index (χ2v) is 8.11. The van der Waals surface area contributed by atoms with Crippen molar-refractivity contribution in [2.45, 2.75) is 51.2 Å². The summed E-state index contributed by atoms with van der Waals surface area (Å²) in [7, 11) is 2.18. The zero-order chi connectivity index (χ0) is 18.6. The second kappa shape index (κ2) is 8.35. The molecule has 0 aliphatic carbocycles. The van der Waals surface area contributed by atoms with Crippen molar-refractivity contribution in [3.05, 3.63) is 23.9 Å². The molecule has 1 amide bonds. The highest BCUT2D eigenvalue weighted by Gasteiger charge is 2.28. The SMILES string of the molecule is CN1CCCCC1CCNC(=O)c1ccc(N2CCOC(C)(C)C2)nc1. The van der Waals surface area contributed by atoms with Crippen molar-refractivity contribution < 1.29 is 9.53 Å². The number of rotatable bonds is 5. The topological polar surface area (TPSA) is 57.7 Å². The van der Waals surface area contributed by atoms with Gasteiger partial charge < -0.3 is 19.9 Å². The first-order valence-electron chi connectivity index (χ1n) is 9.78. The molecular formula is C20H32N4O2. The Morgan fingerprint density at radius 2 is 2.19 bits per heavy atom. The van der Waals surface area contributed by atoms with E-state index in [0.717, 1.165) is 25.3 Å². The number of carbonyl (C=O) groups excluding carboxylic acids is 1. The van der Waals surface area contributed by atoms with E-state index in [2.05, 4.69) is 41.0 Å². The first-order chi connectivity index (χ1) is 12.4. The number of piperidine rings is 1. The lowest BCUT2D eigenvalue weighted by Gasteiger charge is -2.38. The summed E-state index contributed by atoms with van der Waals surface area (Å²) < 4.78 is 5.74. The van der Waals surface area contributed by atoms with Crippen LogP contribution in [0.2, 0.25) is 0 Å². The van der Waals surface area contributed by atoms with Crippen LogP contribution in [0, 0.1) is 0 Å². The minimum Gasteiger partial charge on any atom is -0.372 e. The molecule has 1 unspecified atom stereocenters. The standard InChI is InChI=1S/C20H32N4O2/c1-20(2)15-24(12-13-26-20)18-8-7-16(14-22-18)19(25)21-10-9-17-6-4-5-11-23(17)3/h7-8,14,17H,4-6,9-13,15H2,1-3H3,(H,21,25). The Balaban J connectivity index is 1.49. The maximum Gasteiger partial charge on any atom is 0.252 e. The molecule has 1 N–H and O–H groups in total. The van der Waals surface area contributed by atoms with E-state index in [4.69, 9.17) is 4.74 Å². The molecule has 1 atom stereocenters. The van der Waals surface area contributed by atoms with Gasteiger partial charge in [-0.1, -0.05) is 6.42 Å². The van der Waals surface area contributed by atoms with Gasteiger partial charge in [0, 0.05) is 31.9 Å². The van der Waals surface area contributed by atoms with Crippen LogP contribution in [0.4, 0.5) is 5.82 Å². The van der Waals surface area contributed by atoms with E-state index < -0.39 is 0 Å². The van der Waals surface area contributed by atoms with Gasteiger partial charge in [-0.25, -0.2) is 4.98 Å². The lowest BCUT2D eigenvalue weighted by atomic mass is 10.0. The predicted molar refractivity (Wildman–Crippen MR) is 104 cm³/mol. The Hall–Kier alpha value is -1.66. The minimum atomic E-state index is -0.164. The van der Waals surface area contributed by atoms with Crippen molar-refractivity contribution in [2.24, 2.45) is 0 Å². The maximum atomic E-state index is 12.4. The average Bonchev–Trinajstić information content (AvgIpc) is 2.62. The normalized spacial score (nSPS) is 23.7. The molecule has 2 aliphatic heterocycles. The quantitative estimate of drug-likeness (QED) is 0.873. The van der Waals surface area contributed by atoms with Gasteiger partial charge in [0.05, 0.1) is 17.8 Å². The van der Waals surface area contributed by atoms with Crippen LogP contribution in [-0.2, 0) is 4.74 Å². The average molecular weight is 361 g/mol. The van der Waals surface area contributed by atoms with Crippen molar-refractivity contribution >= 4 is 11.7 Å². The number of morpholine rings is 1. The molecule has 0 bridgehead atoms. The number of pyridine rings is 1. The molecule has 2 saturated heterocycles. The Morgan fingerprint density at radius 1 is 1.35 bits per heavy atom. The number of nitrogens with zero attached hydrogens (tertiary/aromatic N) is 3. The van der Waals surface area contributed by atoms with Crippen molar-refractivity contribution in [1.29, 1.82) is 0 Å². The lowest BCUT2D eigenvalue weighted by Crippen LogP contribution is -2.48. The van der Waals surface area contributed by atoms with E-state index in [1.807, 2.05) is 12.1 Å². The molecule has 144 valence electrons. The fourth-order valence-electron chi connectivity index (χ4n) is 3.88. The van der Waals surface area contributed by atoms with E-state index >= 15 is 0 Å². The molecule has 6 nitrogen and oxygen atoms in total. The number of aromatic nitrogens is 1. The van der Waals surface area contributed by atoms with E-state index in [1.165, 1.54) is 25.8 Å². The minimum absolute atomic E-state index is 0.0372. The first kappa shape index (κ1) is 19.1. The molecule has 3 heterocycles. The third kappa shape index (κ3) is 4.95. The summed E-state index contributed by atoms with van der Waals surface area (Å²) in [5, 5.41) is 3.04. The molecule has 0 spiro atoms. The molecule has 0 saturated carbocycles. The fourth-order valence-corrected chi connectivity index (χ4v) is 3.88. The van der Waals surface area contributed by atoms with Crippen LogP contribution in [0.5, 0.6) is 0 Å². The van der Waals surface area contributed by atoms with Crippen LogP contribution >= 0.6 is 0 Å². The number of nitrogens with one attached hydrogen (secondary N) is 1. The van der Waals surface area contributed by atoms with Crippen LogP contribution < -0.4 is 10.2 Å². The highest BCUT2D eigenvalue weighted by atomic mass is 16.5. The molecule has 1 aromatic rings. The van der Waals surface area contributed by atoms with Gasteiger partial charge in [-0.3, -0.25) is 4.79 Å². The fraction of sp³-hybridized carbons (Fsp3) is 0.700. The Morgan fingerprint density at radius 3 is 2.88 bits per heavy atom. The summed E-state index contributed by atoms with van der Waals surface area (Å²) in [5.74, 6) is 0.867. The first-order valence-corrected chi connectivity index (χ1v) is 9.78. The molecule has 26 heavy (non-hydrogen) atoms. The van der Waals surface area contributed by atoms with Gasteiger partial charge in [0.1, 0.15) is 5.82 Å². The molecule has 2 aliphatic rings. The zero-order valence-electron chi connectivity index (χ0n) is 16.3. The number of likely N-dealkylation sites (tertiary alicyclic amines) is 1. The predicted octanol–water partition coefficient (Wildman–Crippen LogP) is 2.30. The summed E-state index contributed by atoms with van der Waals surface area (Å²) in [6, 6.07) is 4.40. The van der Waals surface area contributed by atoms with Gasteiger partial charge in [-0.05, 0) is 58.8 Å². The summed E-state index contributed by atoms with van der Waals surface area (Å²) in [6.07, 6.45) is 6.51. The highest BCUT2D eigenvalue weighted by Crippen LogP contribution is 2.21. The smallest absolute Gasteiger partial charge is 0.252 e. The van der Waals surface area contributed by atoms with Gasteiger partial charge >= 0.3 is 0 Å². The van der Waals surface area contributed by atoms with E-state index in [9.17, 15) is 4.79 Å². The number of carbonyl (C=O) groups is 1. The number of hydrogen-bond donors (Lipinski definition) is 1. The summed E-state index contributed by atoms with van der Waals surface area (Å²) in [5.41, 5.74) is 0.459. The van der Waals surface area contributed by atoms with Crippen molar-refractivity contribution in [2.75, 3.05) is 44.7 Å². The number of anilines is 1. The van der Waals surface area contributed by atoms with Crippen LogP contribution in [-0.4, -0.2) is 67.3 Å². The largest absolute Gasteiger partial charge is 0.372 e. The van der Waals surface area contributed by atoms with Gasteiger partial charge in [-0.15, -0.1) is 0 Å². The highest BCUT2D eigenvalue weighted by molar-refractivity contribution is 5.94. The third-order valence-corrected chi connectivity index (χ3v) is 5.44. The number of ether oxygens (including phenoxy) is 1. The molecule has 2 fully saturated rings. The zero-order valence-corrected chi connectivity index (χ0v) is 16.3. The molecule has 6 heteroatoms. The Kier molecular flexibility index (Phi) is 6.14. The van der Waals surface area contributed by atoms with Crippen molar-refractivity contribution in [3.8, 4) is 0 Å². The molecule has 0 aromatic carbocycles. The summed E-state index contributed by atoms with van der Waals surface area (Å²) in [4.78, 5) is 21.5. The van der Waals surface area contributed by atoms with E-state index in [-0.39, 0.29) is 11.5 Å². The van der Waals surface area contributed by atoms with E-state index in [0.29, 0.717) is 24.8 Å². The van der Waals surface area contributed by atoms with Gasteiger partial charge in [0.25, 0.3) is 5.91 Å². The van der Waals surface area contributed by atoms with Crippen molar-refractivity contribution in [3.63, 3.8) is 0 Å². The van der Waals surface area contributed by atoms with Gasteiger partial charge in [-0.2, -0.15) is 0 Å². The molecule has 3 rings (SSSR count). The second-order valence-electron chi connectivity index (χ2n) is 8.11. The summed E-state index contributed by atoms with van der Waals surface area (Å²) >= 11 is 0.